The summed E-state index contributed by atoms with van der Waals surface area (Å²) in [7, 11) is -0.452. The van der Waals surface area contributed by atoms with Gasteiger partial charge in [0, 0.05) is 44.1 Å². The Kier molecular flexibility index (Phi) is 6.22. The molecule has 1 aliphatic rings. The molecule has 0 radical (unpaired) electrons. The summed E-state index contributed by atoms with van der Waals surface area (Å²) in [6.07, 6.45) is 9.99. The minimum absolute atomic E-state index is 0.0741. The number of nitrogens with zero attached hydrogens (tertiary/aromatic N) is 7. The van der Waals surface area contributed by atoms with Crippen LogP contribution in [-0.4, -0.2) is 62.8 Å². The lowest BCUT2D eigenvalue weighted by Gasteiger charge is -2.19. The molecule has 0 saturated heterocycles. The Morgan fingerprint density at radius 3 is 2.47 bits per heavy atom. The van der Waals surface area contributed by atoms with Crippen molar-refractivity contribution >= 4 is 44.4 Å². The van der Waals surface area contributed by atoms with Crippen LogP contribution in [0.4, 0.5) is 17.5 Å². The summed E-state index contributed by atoms with van der Waals surface area (Å²) >= 11 is 0. The quantitative estimate of drug-likeness (QED) is 0.360. The molecule has 12 nitrogen and oxygen atoms in total. The van der Waals surface area contributed by atoms with E-state index in [1.807, 2.05) is 10.6 Å². The summed E-state index contributed by atoms with van der Waals surface area (Å²) < 4.78 is 29.2. The van der Waals surface area contributed by atoms with Gasteiger partial charge in [0.15, 0.2) is 0 Å². The van der Waals surface area contributed by atoms with Gasteiger partial charge in [0.25, 0.3) is 21.1 Å². The lowest BCUT2D eigenvalue weighted by atomic mass is 10.2. The molecule has 5 rings (SSSR count). The number of fused-ring (bicyclic) bond motifs is 1. The van der Waals surface area contributed by atoms with Crippen LogP contribution < -0.4 is 10.0 Å². The number of amides is 1. The van der Waals surface area contributed by atoms with E-state index >= 15 is 0 Å². The summed E-state index contributed by atoms with van der Waals surface area (Å²) in [5.41, 5.74) is 1.55. The van der Waals surface area contributed by atoms with Crippen molar-refractivity contribution in [2.75, 3.05) is 24.1 Å². The summed E-state index contributed by atoms with van der Waals surface area (Å²) in [6.45, 7) is 0. The van der Waals surface area contributed by atoms with Crippen LogP contribution in [0, 0.1) is 0 Å². The van der Waals surface area contributed by atoms with Crippen LogP contribution in [-0.2, 0) is 10.0 Å². The number of hydrogen-bond donors (Lipinski definition) is 2. The van der Waals surface area contributed by atoms with E-state index < -0.39 is 10.0 Å². The zero-order valence-corrected chi connectivity index (χ0v) is 20.6. The molecule has 4 heterocycles. The molecule has 4 aromatic rings. The molecule has 13 heteroatoms. The van der Waals surface area contributed by atoms with Crippen LogP contribution in [0.25, 0.3) is 11.0 Å². The maximum atomic E-state index is 12.9. The lowest BCUT2D eigenvalue weighted by molar-refractivity contribution is 0.0815. The fourth-order valence-corrected chi connectivity index (χ4v) is 5.18. The van der Waals surface area contributed by atoms with Crippen molar-refractivity contribution in [3.63, 3.8) is 0 Å². The Balaban J connectivity index is 1.39. The number of carbonyl (C=O) groups excluding carboxylic acids is 1. The third kappa shape index (κ3) is 4.69. The fourth-order valence-electron chi connectivity index (χ4n) is 4.26. The Hall–Kier alpha value is -4.13. The number of aromatic nitrogens is 6. The molecule has 186 valence electrons. The molecular weight excluding hydrogens is 482 g/mol. The molecule has 1 fully saturated rings. The van der Waals surface area contributed by atoms with E-state index in [4.69, 9.17) is 4.98 Å². The minimum atomic E-state index is -3.92. The molecule has 36 heavy (non-hydrogen) atoms. The fraction of sp³-hybridized carbons (Fsp3) is 0.304. The average molecular weight is 508 g/mol. The first-order valence-corrected chi connectivity index (χ1v) is 12.9. The molecule has 0 unspecified atom stereocenters. The number of pyridine rings is 1. The Bertz CT molecular complexity index is 1500. The second kappa shape index (κ2) is 9.49. The Morgan fingerprint density at radius 1 is 1.06 bits per heavy atom. The zero-order valence-electron chi connectivity index (χ0n) is 19.8. The standard InChI is InChI=1S/C23H25N9O3S/c1-31(2)21(33)18-12-15-13-27-22(29-20(15)32(18)17-6-3-4-7-17)28-19-9-8-16(14-26-19)30-36(34,35)23-24-10-5-11-25-23/h5,8-14,17,30H,3-4,6-7H2,1-2H3,(H,26,27,28,29). The van der Waals surface area contributed by atoms with E-state index in [0.717, 1.165) is 31.1 Å². The second-order valence-corrected chi connectivity index (χ2v) is 10.3. The molecule has 1 amide bonds. The van der Waals surface area contributed by atoms with Gasteiger partial charge in [-0.1, -0.05) is 12.8 Å². The van der Waals surface area contributed by atoms with Crippen molar-refractivity contribution < 1.29 is 13.2 Å². The Labute approximate surface area is 207 Å². The molecule has 0 aliphatic heterocycles. The molecule has 0 aromatic carbocycles. The van der Waals surface area contributed by atoms with Gasteiger partial charge >= 0.3 is 0 Å². The molecule has 1 saturated carbocycles. The number of carbonyl (C=O) groups is 1. The van der Waals surface area contributed by atoms with Gasteiger partial charge in [-0.15, -0.1) is 0 Å². The van der Waals surface area contributed by atoms with Crippen LogP contribution in [0.3, 0.4) is 0 Å². The normalized spacial score (nSPS) is 14.2. The first-order chi connectivity index (χ1) is 17.3. The molecular formula is C23H25N9O3S. The van der Waals surface area contributed by atoms with E-state index in [-0.39, 0.29) is 22.8 Å². The predicted molar refractivity (Wildman–Crippen MR) is 133 cm³/mol. The summed E-state index contributed by atoms with van der Waals surface area (Å²) in [5, 5.41) is 3.52. The molecule has 4 aromatic heterocycles. The minimum Gasteiger partial charge on any atom is -0.343 e. The predicted octanol–water partition coefficient (Wildman–Crippen LogP) is 2.98. The largest absolute Gasteiger partial charge is 0.343 e. The van der Waals surface area contributed by atoms with E-state index in [9.17, 15) is 13.2 Å². The second-order valence-electron chi connectivity index (χ2n) is 8.70. The van der Waals surface area contributed by atoms with Gasteiger partial charge in [0.2, 0.25) is 5.95 Å². The smallest absolute Gasteiger partial charge is 0.297 e. The van der Waals surface area contributed by atoms with Gasteiger partial charge in [-0.25, -0.2) is 19.9 Å². The number of nitrogens with one attached hydrogen (secondary N) is 2. The van der Waals surface area contributed by atoms with Gasteiger partial charge < -0.3 is 14.8 Å². The summed E-state index contributed by atoms with van der Waals surface area (Å²) in [4.78, 5) is 35.3. The van der Waals surface area contributed by atoms with Crippen LogP contribution in [0.1, 0.15) is 42.2 Å². The topological polar surface area (TPSA) is 148 Å². The van der Waals surface area contributed by atoms with Crippen molar-refractivity contribution in [1.82, 2.24) is 34.4 Å². The van der Waals surface area contributed by atoms with Gasteiger partial charge in [-0.3, -0.25) is 9.52 Å². The molecule has 1 aliphatic carbocycles. The van der Waals surface area contributed by atoms with Crippen LogP contribution >= 0.6 is 0 Å². The average Bonchev–Trinajstić information content (AvgIpc) is 3.52. The maximum absolute atomic E-state index is 12.9. The van der Waals surface area contributed by atoms with Gasteiger partial charge in [-0.2, -0.15) is 13.4 Å². The van der Waals surface area contributed by atoms with Crippen LogP contribution in [0.15, 0.2) is 54.2 Å². The van der Waals surface area contributed by atoms with Crippen molar-refractivity contribution in [2.45, 2.75) is 36.9 Å². The van der Waals surface area contributed by atoms with Crippen LogP contribution in [0.2, 0.25) is 0 Å². The number of hydrogen-bond acceptors (Lipinski definition) is 9. The van der Waals surface area contributed by atoms with Crippen molar-refractivity contribution in [3.8, 4) is 0 Å². The van der Waals surface area contributed by atoms with Crippen molar-refractivity contribution in [1.29, 1.82) is 0 Å². The van der Waals surface area contributed by atoms with E-state index in [2.05, 4.69) is 30.0 Å². The third-order valence-electron chi connectivity index (χ3n) is 5.93. The molecule has 0 bridgehead atoms. The first kappa shape index (κ1) is 23.6. The SMILES string of the molecule is CN(C)C(=O)c1cc2cnc(Nc3ccc(NS(=O)(=O)c4ncccn4)cn3)nc2n1C1CCCC1. The Morgan fingerprint density at radius 2 is 1.81 bits per heavy atom. The van der Waals surface area contributed by atoms with Gasteiger partial charge in [0.05, 0.1) is 11.9 Å². The van der Waals surface area contributed by atoms with Gasteiger partial charge in [-0.05, 0) is 37.1 Å². The van der Waals surface area contributed by atoms with Crippen LogP contribution in [0.5, 0.6) is 0 Å². The highest BCUT2D eigenvalue weighted by Crippen LogP contribution is 2.35. The number of sulfonamides is 1. The van der Waals surface area contributed by atoms with E-state index in [0.29, 0.717) is 23.1 Å². The highest BCUT2D eigenvalue weighted by Gasteiger charge is 2.26. The third-order valence-corrected chi connectivity index (χ3v) is 7.12. The lowest BCUT2D eigenvalue weighted by Crippen LogP contribution is -2.25. The molecule has 0 spiro atoms. The van der Waals surface area contributed by atoms with E-state index in [1.54, 1.807) is 37.3 Å². The van der Waals surface area contributed by atoms with Crippen molar-refractivity contribution in [2.24, 2.45) is 0 Å². The first-order valence-electron chi connectivity index (χ1n) is 11.4. The summed E-state index contributed by atoms with van der Waals surface area (Å²) in [6, 6.07) is 6.75. The highest BCUT2D eigenvalue weighted by molar-refractivity contribution is 7.92. The highest BCUT2D eigenvalue weighted by atomic mass is 32.2. The number of rotatable bonds is 7. The molecule has 0 atom stereocenters. The monoisotopic (exact) mass is 507 g/mol. The number of anilines is 3. The van der Waals surface area contributed by atoms with Gasteiger partial charge in [0.1, 0.15) is 17.2 Å². The summed E-state index contributed by atoms with van der Waals surface area (Å²) in [5.74, 6) is 0.675. The van der Waals surface area contributed by atoms with Crippen molar-refractivity contribution in [3.05, 3.63) is 54.7 Å². The molecule has 2 N–H and O–H groups in total. The maximum Gasteiger partial charge on any atom is 0.297 e. The van der Waals surface area contributed by atoms with E-state index in [1.165, 1.54) is 24.7 Å². The zero-order chi connectivity index (χ0) is 25.3.